The summed E-state index contributed by atoms with van der Waals surface area (Å²) in [5.74, 6) is 0.717. The van der Waals surface area contributed by atoms with E-state index in [1.165, 1.54) is 32.1 Å². The fraction of sp³-hybridized carbons (Fsp3) is 0.923. The Morgan fingerprint density at radius 2 is 1.82 bits per heavy atom. The predicted octanol–water partition coefficient (Wildman–Crippen LogP) is 2.20. The Morgan fingerprint density at radius 3 is 2.41 bits per heavy atom. The number of carbonyl (C=O) groups excluding carboxylic acids is 1. The average Bonchev–Trinajstić information content (AvgIpc) is 2.39. The van der Waals surface area contributed by atoms with E-state index in [0.717, 1.165) is 25.9 Å². The number of nitrogens with zero attached hydrogens (tertiary/aromatic N) is 1. The van der Waals surface area contributed by atoms with Crippen LogP contribution in [0, 0.1) is 5.92 Å². The van der Waals surface area contributed by atoms with Gasteiger partial charge in [-0.2, -0.15) is 0 Å². The van der Waals surface area contributed by atoms with E-state index < -0.39 is 0 Å². The summed E-state index contributed by atoms with van der Waals surface area (Å²) >= 11 is 0. The van der Waals surface area contributed by atoms with Gasteiger partial charge in [0.25, 0.3) is 0 Å². The number of carbonyl (C=O) groups is 1. The first-order valence-corrected chi connectivity index (χ1v) is 6.76. The highest BCUT2D eigenvalue weighted by Crippen LogP contribution is 2.26. The molecule has 2 rings (SSSR count). The Morgan fingerprint density at radius 1 is 1.12 bits per heavy atom. The normalized spacial score (nSPS) is 26.1. The minimum Gasteiger partial charge on any atom is -0.341 e. The minimum atomic E-state index is 0. The van der Waals surface area contributed by atoms with E-state index in [9.17, 15) is 4.79 Å². The molecule has 0 aromatic rings. The van der Waals surface area contributed by atoms with E-state index in [2.05, 4.69) is 5.32 Å². The van der Waals surface area contributed by atoms with Crippen LogP contribution in [0.15, 0.2) is 0 Å². The second-order valence-electron chi connectivity index (χ2n) is 5.28. The average molecular weight is 261 g/mol. The van der Waals surface area contributed by atoms with Crippen molar-refractivity contribution < 1.29 is 4.79 Å². The molecule has 0 spiro atoms. The molecule has 1 atom stereocenters. The van der Waals surface area contributed by atoms with Gasteiger partial charge in [-0.25, -0.2) is 0 Å². The van der Waals surface area contributed by atoms with Gasteiger partial charge in [-0.05, 0) is 32.2 Å². The van der Waals surface area contributed by atoms with Crippen LogP contribution in [0.4, 0.5) is 0 Å². The molecule has 1 saturated carbocycles. The van der Waals surface area contributed by atoms with Crippen LogP contribution < -0.4 is 5.32 Å². The highest BCUT2D eigenvalue weighted by Gasteiger charge is 2.28. The number of hydrogen-bond acceptors (Lipinski definition) is 2. The predicted molar refractivity (Wildman–Crippen MR) is 72.5 cm³/mol. The Bertz CT molecular complexity index is 236. The van der Waals surface area contributed by atoms with Crippen LogP contribution in [-0.2, 0) is 4.79 Å². The highest BCUT2D eigenvalue weighted by molar-refractivity contribution is 5.85. The van der Waals surface area contributed by atoms with Crippen molar-refractivity contribution in [2.24, 2.45) is 5.92 Å². The van der Waals surface area contributed by atoms with Gasteiger partial charge in [-0.1, -0.05) is 19.3 Å². The maximum Gasteiger partial charge on any atom is 0.225 e. The summed E-state index contributed by atoms with van der Waals surface area (Å²) in [5.41, 5.74) is 0. The molecule has 1 aliphatic carbocycles. The van der Waals surface area contributed by atoms with Crippen molar-refractivity contribution in [3.8, 4) is 0 Å². The SMILES string of the molecule is CN(C(=O)C1CCCCC1)[C@@H]1CCCNC1.Cl. The molecule has 1 heterocycles. The van der Waals surface area contributed by atoms with Gasteiger partial charge in [-0.15, -0.1) is 12.4 Å². The lowest BCUT2D eigenvalue weighted by atomic mass is 9.88. The zero-order valence-corrected chi connectivity index (χ0v) is 11.6. The summed E-state index contributed by atoms with van der Waals surface area (Å²) in [4.78, 5) is 14.3. The largest absolute Gasteiger partial charge is 0.341 e. The molecule has 1 amide bonds. The van der Waals surface area contributed by atoms with E-state index in [1.54, 1.807) is 0 Å². The minimum absolute atomic E-state index is 0. The van der Waals surface area contributed by atoms with Crippen LogP contribution in [0.2, 0.25) is 0 Å². The monoisotopic (exact) mass is 260 g/mol. The first kappa shape index (κ1) is 14.8. The Hall–Kier alpha value is -0.280. The molecular formula is C13H25ClN2O. The molecule has 1 saturated heterocycles. The zero-order chi connectivity index (χ0) is 11.4. The molecule has 0 radical (unpaired) electrons. The van der Waals surface area contributed by atoms with Crippen LogP contribution >= 0.6 is 12.4 Å². The quantitative estimate of drug-likeness (QED) is 0.826. The molecule has 1 aliphatic heterocycles. The van der Waals surface area contributed by atoms with Gasteiger partial charge in [0, 0.05) is 25.6 Å². The van der Waals surface area contributed by atoms with Gasteiger partial charge in [-0.3, -0.25) is 4.79 Å². The number of amides is 1. The second-order valence-corrected chi connectivity index (χ2v) is 5.28. The van der Waals surface area contributed by atoms with E-state index in [0.29, 0.717) is 17.9 Å². The van der Waals surface area contributed by atoms with E-state index in [4.69, 9.17) is 0 Å². The summed E-state index contributed by atoms with van der Waals surface area (Å²) in [6.07, 6.45) is 8.40. The summed E-state index contributed by atoms with van der Waals surface area (Å²) in [6, 6.07) is 0.433. The lowest BCUT2D eigenvalue weighted by molar-refractivity contribution is -0.137. The van der Waals surface area contributed by atoms with E-state index in [1.807, 2.05) is 11.9 Å². The maximum atomic E-state index is 12.3. The molecule has 17 heavy (non-hydrogen) atoms. The first-order valence-electron chi connectivity index (χ1n) is 6.76. The number of likely N-dealkylation sites (N-methyl/N-ethyl adjacent to an activating group) is 1. The molecule has 4 heteroatoms. The third kappa shape index (κ3) is 3.85. The van der Waals surface area contributed by atoms with E-state index in [-0.39, 0.29) is 12.4 Å². The second kappa shape index (κ2) is 7.22. The van der Waals surface area contributed by atoms with Gasteiger partial charge >= 0.3 is 0 Å². The summed E-state index contributed by atoms with van der Waals surface area (Å²) in [7, 11) is 1.99. The molecule has 0 bridgehead atoms. The van der Waals surface area contributed by atoms with Crippen molar-refractivity contribution in [2.45, 2.75) is 51.0 Å². The Balaban J connectivity index is 0.00000144. The third-order valence-electron chi connectivity index (χ3n) is 4.12. The zero-order valence-electron chi connectivity index (χ0n) is 10.8. The molecule has 100 valence electrons. The molecular weight excluding hydrogens is 236 g/mol. The van der Waals surface area contributed by atoms with Gasteiger partial charge in [0.1, 0.15) is 0 Å². The molecule has 0 unspecified atom stereocenters. The van der Waals surface area contributed by atoms with Crippen LogP contribution in [0.25, 0.3) is 0 Å². The fourth-order valence-corrected chi connectivity index (χ4v) is 2.98. The van der Waals surface area contributed by atoms with E-state index >= 15 is 0 Å². The van der Waals surface area contributed by atoms with Crippen molar-refractivity contribution in [1.82, 2.24) is 10.2 Å². The van der Waals surface area contributed by atoms with Gasteiger partial charge < -0.3 is 10.2 Å². The number of nitrogens with one attached hydrogen (secondary N) is 1. The molecule has 0 aromatic carbocycles. The van der Waals surface area contributed by atoms with Crippen molar-refractivity contribution in [1.29, 1.82) is 0 Å². The highest BCUT2D eigenvalue weighted by atomic mass is 35.5. The van der Waals surface area contributed by atoms with Crippen molar-refractivity contribution in [3.05, 3.63) is 0 Å². The fourth-order valence-electron chi connectivity index (χ4n) is 2.98. The smallest absolute Gasteiger partial charge is 0.225 e. The number of rotatable bonds is 2. The maximum absolute atomic E-state index is 12.3. The summed E-state index contributed by atoms with van der Waals surface area (Å²) in [6.45, 7) is 2.09. The topological polar surface area (TPSA) is 32.3 Å². The first-order chi connectivity index (χ1) is 7.79. The molecule has 0 aromatic heterocycles. The van der Waals surface area contributed by atoms with Crippen molar-refractivity contribution in [3.63, 3.8) is 0 Å². The lowest BCUT2D eigenvalue weighted by Crippen LogP contribution is -2.48. The van der Waals surface area contributed by atoms with Gasteiger partial charge in [0.2, 0.25) is 5.91 Å². The molecule has 2 aliphatic rings. The lowest BCUT2D eigenvalue weighted by Gasteiger charge is -2.35. The van der Waals surface area contributed by atoms with Crippen LogP contribution in [-0.4, -0.2) is 37.0 Å². The van der Waals surface area contributed by atoms with Crippen molar-refractivity contribution in [2.75, 3.05) is 20.1 Å². The number of piperidine rings is 1. The molecule has 3 nitrogen and oxygen atoms in total. The standard InChI is InChI=1S/C13H24N2O.ClH/c1-15(12-8-5-9-14-10-12)13(16)11-6-3-2-4-7-11;/h11-12,14H,2-10H2,1H3;1H/t12-;/m1./s1. The van der Waals surface area contributed by atoms with Gasteiger partial charge in [0.05, 0.1) is 0 Å². The molecule has 2 fully saturated rings. The third-order valence-corrected chi connectivity index (χ3v) is 4.12. The summed E-state index contributed by atoms with van der Waals surface area (Å²) in [5, 5.41) is 3.38. The van der Waals surface area contributed by atoms with Gasteiger partial charge in [0.15, 0.2) is 0 Å². The van der Waals surface area contributed by atoms with Crippen LogP contribution in [0.3, 0.4) is 0 Å². The Labute approximate surface area is 111 Å². The van der Waals surface area contributed by atoms with Crippen LogP contribution in [0.1, 0.15) is 44.9 Å². The number of hydrogen-bond donors (Lipinski definition) is 1. The van der Waals surface area contributed by atoms with Crippen LogP contribution in [0.5, 0.6) is 0 Å². The van der Waals surface area contributed by atoms with Crippen molar-refractivity contribution >= 4 is 18.3 Å². The summed E-state index contributed by atoms with van der Waals surface area (Å²) < 4.78 is 0. The number of halogens is 1. The Kier molecular flexibility index (Phi) is 6.28. The molecule has 1 N–H and O–H groups in total.